The number of thiophene rings is 1. The fraction of sp³-hybridized carbons (Fsp3) is 0.545. The molecule has 1 N–H and O–H groups in total. The smallest absolute Gasteiger partial charge is 0.304 e. The molecule has 1 rings (SSSR count). The summed E-state index contributed by atoms with van der Waals surface area (Å²) < 4.78 is 1.12. The molecule has 0 unspecified atom stereocenters. The predicted octanol–water partition coefficient (Wildman–Crippen LogP) is 3.20. The van der Waals surface area contributed by atoms with E-state index < -0.39 is 5.97 Å². The Balaban J connectivity index is 2.54. The van der Waals surface area contributed by atoms with Gasteiger partial charge in [0.25, 0.3) is 0 Å². The summed E-state index contributed by atoms with van der Waals surface area (Å²) >= 11 is 5.12. The molecule has 0 atom stereocenters. The largest absolute Gasteiger partial charge is 0.481 e. The average molecular weight is 306 g/mol. The third-order valence-electron chi connectivity index (χ3n) is 2.33. The molecule has 1 aromatic heterocycles. The summed E-state index contributed by atoms with van der Waals surface area (Å²) in [5.41, 5.74) is 0. The van der Waals surface area contributed by atoms with Crippen molar-refractivity contribution in [3.63, 3.8) is 0 Å². The number of aliphatic carboxylic acids is 1. The van der Waals surface area contributed by atoms with Crippen LogP contribution in [-0.2, 0) is 11.3 Å². The third kappa shape index (κ3) is 4.63. The van der Waals surface area contributed by atoms with Crippen LogP contribution in [0.15, 0.2) is 15.9 Å². The summed E-state index contributed by atoms with van der Waals surface area (Å²) in [6.07, 6.45) is 0.199. The van der Waals surface area contributed by atoms with Crippen LogP contribution in [-0.4, -0.2) is 28.6 Å². The second-order valence-electron chi connectivity index (χ2n) is 3.91. The summed E-state index contributed by atoms with van der Waals surface area (Å²) in [5.74, 6) is -0.738. The van der Waals surface area contributed by atoms with Crippen LogP contribution in [0.1, 0.15) is 25.1 Å². The number of carboxylic acids is 1. The number of rotatable bonds is 6. The molecule has 0 amide bonds. The summed E-state index contributed by atoms with van der Waals surface area (Å²) in [4.78, 5) is 14.0. The molecule has 0 aromatic carbocycles. The van der Waals surface area contributed by atoms with Crippen molar-refractivity contribution in [1.82, 2.24) is 4.90 Å². The molecule has 0 aliphatic carbocycles. The van der Waals surface area contributed by atoms with Crippen molar-refractivity contribution in [3.05, 3.63) is 20.8 Å². The molecule has 1 aromatic rings. The van der Waals surface area contributed by atoms with E-state index in [-0.39, 0.29) is 6.42 Å². The van der Waals surface area contributed by atoms with Crippen LogP contribution in [0.5, 0.6) is 0 Å². The Hall–Kier alpha value is -0.390. The lowest BCUT2D eigenvalue weighted by Crippen LogP contribution is -2.32. The van der Waals surface area contributed by atoms with Crippen molar-refractivity contribution in [3.8, 4) is 0 Å². The maximum absolute atomic E-state index is 10.6. The molecule has 90 valence electrons. The highest BCUT2D eigenvalue weighted by Gasteiger charge is 2.12. The van der Waals surface area contributed by atoms with Gasteiger partial charge in [-0.3, -0.25) is 9.69 Å². The average Bonchev–Trinajstić information content (AvgIpc) is 2.57. The van der Waals surface area contributed by atoms with Gasteiger partial charge in [0.1, 0.15) is 0 Å². The Morgan fingerprint density at radius 2 is 2.25 bits per heavy atom. The Morgan fingerprint density at radius 1 is 1.56 bits per heavy atom. The Kier molecular flexibility index (Phi) is 5.44. The van der Waals surface area contributed by atoms with Gasteiger partial charge in [-0.1, -0.05) is 0 Å². The topological polar surface area (TPSA) is 40.5 Å². The monoisotopic (exact) mass is 305 g/mol. The van der Waals surface area contributed by atoms with Crippen LogP contribution >= 0.6 is 27.3 Å². The maximum Gasteiger partial charge on any atom is 0.304 e. The first-order valence-electron chi connectivity index (χ1n) is 5.19. The SMILES string of the molecule is CC(C)N(CCC(=O)O)Cc1ccc(Br)s1. The molecule has 0 aliphatic heterocycles. The summed E-state index contributed by atoms with van der Waals surface area (Å²) in [5, 5.41) is 8.68. The molecule has 5 heteroatoms. The van der Waals surface area contributed by atoms with E-state index >= 15 is 0 Å². The van der Waals surface area contributed by atoms with Crippen LogP contribution in [0.3, 0.4) is 0 Å². The van der Waals surface area contributed by atoms with Gasteiger partial charge in [-0.05, 0) is 41.9 Å². The zero-order valence-electron chi connectivity index (χ0n) is 9.44. The van der Waals surface area contributed by atoms with E-state index in [1.54, 1.807) is 11.3 Å². The van der Waals surface area contributed by atoms with Crippen molar-refractivity contribution in [2.75, 3.05) is 6.54 Å². The fourth-order valence-corrected chi connectivity index (χ4v) is 2.90. The first-order chi connectivity index (χ1) is 7.49. The Bertz CT molecular complexity index is 352. The van der Waals surface area contributed by atoms with E-state index in [9.17, 15) is 4.79 Å². The van der Waals surface area contributed by atoms with Gasteiger partial charge in [-0.25, -0.2) is 0 Å². The second-order valence-corrected chi connectivity index (χ2v) is 6.46. The zero-order chi connectivity index (χ0) is 12.1. The molecular weight excluding hydrogens is 290 g/mol. The normalized spacial score (nSPS) is 11.3. The third-order valence-corrected chi connectivity index (χ3v) is 3.94. The van der Waals surface area contributed by atoms with E-state index in [1.807, 2.05) is 6.07 Å². The van der Waals surface area contributed by atoms with E-state index in [4.69, 9.17) is 5.11 Å². The van der Waals surface area contributed by atoms with Crippen LogP contribution in [0.2, 0.25) is 0 Å². The van der Waals surface area contributed by atoms with Gasteiger partial charge in [0.2, 0.25) is 0 Å². The van der Waals surface area contributed by atoms with E-state index in [0.717, 1.165) is 10.3 Å². The van der Waals surface area contributed by atoms with Gasteiger partial charge in [-0.2, -0.15) is 0 Å². The number of halogens is 1. The minimum absolute atomic E-state index is 0.199. The van der Waals surface area contributed by atoms with Crippen LogP contribution < -0.4 is 0 Å². The molecule has 16 heavy (non-hydrogen) atoms. The number of carbonyl (C=O) groups is 1. The van der Waals surface area contributed by atoms with Gasteiger partial charge in [0.15, 0.2) is 0 Å². The lowest BCUT2D eigenvalue weighted by Gasteiger charge is -2.25. The lowest BCUT2D eigenvalue weighted by atomic mass is 10.2. The molecular formula is C11H16BrNO2S. The number of carboxylic acid groups (broad SMARTS) is 1. The highest BCUT2D eigenvalue weighted by atomic mass is 79.9. The van der Waals surface area contributed by atoms with Crippen molar-refractivity contribution >= 4 is 33.2 Å². The van der Waals surface area contributed by atoms with Gasteiger partial charge in [0.05, 0.1) is 10.2 Å². The predicted molar refractivity (Wildman–Crippen MR) is 69.8 cm³/mol. The standard InChI is InChI=1S/C11H16BrNO2S/c1-8(2)13(6-5-11(14)15)7-9-3-4-10(12)16-9/h3-4,8H,5-7H2,1-2H3,(H,14,15). The van der Waals surface area contributed by atoms with E-state index in [0.29, 0.717) is 12.6 Å². The van der Waals surface area contributed by atoms with Crippen molar-refractivity contribution < 1.29 is 9.90 Å². The maximum atomic E-state index is 10.6. The van der Waals surface area contributed by atoms with Crippen molar-refractivity contribution in [1.29, 1.82) is 0 Å². The number of nitrogens with zero attached hydrogens (tertiary/aromatic N) is 1. The fourth-order valence-electron chi connectivity index (χ4n) is 1.40. The molecule has 0 radical (unpaired) electrons. The summed E-state index contributed by atoms with van der Waals surface area (Å²) in [6.45, 7) is 5.60. The minimum Gasteiger partial charge on any atom is -0.481 e. The van der Waals surface area contributed by atoms with E-state index in [1.165, 1.54) is 4.88 Å². The Labute approximate surface area is 108 Å². The first-order valence-corrected chi connectivity index (χ1v) is 6.80. The summed E-state index contributed by atoms with van der Waals surface area (Å²) in [6, 6.07) is 4.46. The summed E-state index contributed by atoms with van der Waals surface area (Å²) in [7, 11) is 0. The molecule has 0 spiro atoms. The first kappa shape index (κ1) is 13.7. The molecule has 0 bridgehead atoms. The van der Waals surface area contributed by atoms with Crippen molar-refractivity contribution in [2.24, 2.45) is 0 Å². The molecule has 3 nitrogen and oxygen atoms in total. The van der Waals surface area contributed by atoms with Gasteiger partial charge >= 0.3 is 5.97 Å². The number of hydrogen-bond acceptors (Lipinski definition) is 3. The van der Waals surface area contributed by atoms with Crippen molar-refractivity contribution in [2.45, 2.75) is 32.9 Å². The molecule has 0 saturated heterocycles. The quantitative estimate of drug-likeness (QED) is 0.877. The molecule has 1 heterocycles. The minimum atomic E-state index is -0.738. The van der Waals surface area contributed by atoms with E-state index in [2.05, 4.69) is 40.7 Å². The highest BCUT2D eigenvalue weighted by molar-refractivity contribution is 9.11. The zero-order valence-corrected chi connectivity index (χ0v) is 11.8. The lowest BCUT2D eigenvalue weighted by molar-refractivity contribution is -0.137. The molecule has 0 aliphatic rings. The van der Waals surface area contributed by atoms with Crippen LogP contribution in [0, 0.1) is 0 Å². The van der Waals surface area contributed by atoms with Crippen LogP contribution in [0.4, 0.5) is 0 Å². The van der Waals surface area contributed by atoms with Gasteiger partial charge in [0, 0.05) is 24.0 Å². The molecule has 0 saturated carbocycles. The highest BCUT2D eigenvalue weighted by Crippen LogP contribution is 2.23. The van der Waals surface area contributed by atoms with Gasteiger partial charge < -0.3 is 5.11 Å². The molecule has 0 fully saturated rings. The van der Waals surface area contributed by atoms with Crippen LogP contribution in [0.25, 0.3) is 0 Å². The number of hydrogen-bond donors (Lipinski definition) is 1. The Morgan fingerprint density at radius 3 is 2.69 bits per heavy atom. The second kappa shape index (κ2) is 6.37. The van der Waals surface area contributed by atoms with Gasteiger partial charge in [-0.15, -0.1) is 11.3 Å².